The van der Waals surface area contributed by atoms with E-state index in [4.69, 9.17) is 14.5 Å². The molecule has 0 saturated heterocycles. The predicted octanol–water partition coefficient (Wildman–Crippen LogP) is 5.18. The van der Waals surface area contributed by atoms with Gasteiger partial charge in [-0.15, -0.1) is 0 Å². The minimum atomic E-state index is 0.519. The maximum absolute atomic E-state index is 5.51. The standard InChI is InChI=1S/C26H28N6O2/c1-6-20(27-7-2)17-32(21-11-22(33-4)13-23(12-21)34-5)26-9-8-24-25(30-26)10-18(14-28-24)19-15-29-31(3)16-19/h6-16H,17H2,1-5H3/b20-6-,27-7-. The number of nitrogens with zero attached hydrogens (tertiary/aromatic N) is 6. The molecule has 0 unspecified atom stereocenters. The molecule has 0 radical (unpaired) electrons. The van der Waals surface area contributed by atoms with Crippen LogP contribution < -0.4 is 14.4 Å². The fourth-order valence-electron chi connectivity index (χ4n) is 3.66. The van der Waals surface area contributed by atoms with E-state index in [1.807, 2.05) is 82.0 Å². The summed E-state index contributed by atoms with van der Waals surface area (Å²) in [6.45, 7) is 4.40. The van der Waals surface area contributed by atoms with Crippen molar-refractivity contribution in [3.63, 3.8) is 0 Å². The van der Waals surface area contributed by atoms with E-state index in [0.717, 1.165) is 39.4 Å². The quantitative estimate of drug-likeness (QED) is 0.340. The van der Waals surface area contributed by atoms with Crippen molar-refractivity contribution in [2.45, 2.75) is 13.8 Å². The van der Waals surface area contributed by atoms with E-state index in [-0.39, 0.29) is 0 Å². The molecule has 8 heteroatoms. The molecule has 0 spiro atoms. The molecule has 0 N–H and O–H groups in total. The molecule has 0 amide bonds. The van der Waals surface area contributed by atoms with Gasteiger partial charge in [0.1, 0.15) is 17.3 Å². The topological polar surface area (TPSA) is 77.7 Å². The highest BCUT2D eigenvalue weighted by Gasteiger charge is 2.16. The molecule has 1 aromatic carbocycles. The van der Waals surface area contributed by atoms with Crippen LogP contribution in [0.4, 0.5) is 11.5 Å². The smallest absolute Gasteiger partial charge is 0.134 e. The molecule has 0 fully saturated rings. The number of aromatic nitrogens is 4. The highest BCUT2D eigenvalue weighted by Crippen LogP contribution is 2.34. The molecule has 0 saturated carbocycles. The monoisotopic (exact) mass is 456 g/mol. The van der Waals surface area contributed by atoms with Crippen LogP contribution in [0, 0.1) is 0 Å². The lowest BCUT2D eigenvalue weighted by atomic mass is 10.1. The molecule has 4 rings (SSSR count). The second-order valence-corrected chi connectivity index (χ2v) is 7.66. The van der Waals surface area contributed by atoms with Crippen LogP contribution in [0.5, 0.6) is 11.5 Å². The fraction of sp³-hybridized carbons (Fsp3) is 0.231. The van der Waals surface area contributed by atoms with Gasteiger partial charge in [0.05, 0.1) is 49.4 Å². The molecule has 34 heavy (non-hydrogen) atoms. The fourth-order valence-corrected chi connectivity index (χ4v) is 3.66. The van der Waals surface area contributed by atoms with Crippen molar-refractivity contribution < 1.29 is 9.47 Å². The van der Waals surface area contributed by atoms with Crippen molar-refractivity contribution in [2.75, 3.05) is 25.7 Å². The summed E-state index contributed by atoms with van der Waals surface area (Å²) >= 11 is 0. The van der Waals surface area contributed by atoms with Crippen LogP contribution in [0.25, 0.3) is 22.2 Å². The number of anilines is 2. The maximum atomic E-state index is 5.51. The zero-order chi connectivity index (χ0) is 24.1. The number of hydrogen-bond donors (Lipinski definition) is 0. The lowest BCUT2D eigenvalue weighted by Gasteiger charge is -2.25. The van der Waals surface area contributed by atoms with Gasteiger partial charge < -0.3 is 14.4 Å². The first-order valence-corrected chi connectivity index (χ1v) is 10.9. The molecule has 0 bridgehead atoms. The van der Waals surface area contributed by atoms with Crippen LogP contribution in [0.2, 0.25) is 0 Å². The van der Waals surface area contributed by atoms with Crippen LogP contribution in [-0.4, -0.2) is 46.7 Å². The van der Waals surface area contributed by atoms with Crippen LogP contribution in [0.1, 0.15) is 13.8 Å². The summed E-state index contributed by atoms with van der Waals surface area (Å²) in [6.07, 6.45) is 9.41. The van der Waals surface area contributed by atoms with Gasteiger partial charge in [0, 0.05) is 55.0 Å². The van der Waals surface area contributed by atoms with Gasteiger partial charge in [0.25, 0.3) is 0 Å². The van der Waals surface area contributed by atoms with E-state index in [9.17, 15) is 0 Å². The summed E-state index contributed by atoms with van der Waals surface area (Å²) in [5.41, 5.74) is 5.35. The van der Waals surface area contributed by atoms with Crippen molar-refractivity contribution in [3.8, 4) is 22.6 Å². The van der Waals surface area contributed by atoms with E-state index < -0.39 is 0 Å². The Morgan fingerprint density at radius 1 is 1.00 bits per heavy atom. The molecule has 8 nitrogen and oxygen atoms in total. The van der Waals surface area contributed by atoms with Gasteiger partial charge in [-0.3, -0.25) is 14.7 Å². The van der Waals surface area contributed by atoms with Crippen molar-refractivity contribution in [1.29, 1.82) is 0 Å². The Balaban J connectivity index is 1.83. The van der Waals surface area contributed by atoms with Crippen LogP contribution >= 0.6 is 0 Å². The van der Waals surface area contributed by atoms with Crippen molar-refractivity contribution in [1.82, 2.24) is 19.7 Å². The highest BCUT2D eigenvalue weighted by molar-refractivity contribution is 5.82. The largest absolute Gasteiger partial charge is 0.497 e. The summed E-state index contributed by atoms with van der Waals surface area (Å²) in [4.78, 5) is 16.2. The lowest BCUT2D eigenvalue weighted by molar-refractivity contribution is 0.394. The van der Waals surface area contributed by atoms with Crippen LogP contribution in [-0.2, 0) is 7.05 Å². The van der Waals surface area contributed by atoms with Gasteiger partial charge in [-0.1, -0.05) is 6.08 Å². The Morgan fingerprint density at radius 3 is 2.38 bits per heavy atom. The number of methoxy groups -OCH3 is 2. The average molecular weight is 457 g/mol. The molecule has 0 aliphatic rings. The van der Waals surface area contributed by atoms with Gasteiger partial charge in [-0.2, -0.15) is 5.10 Å². The molecular weight excluding hydrogens is 428 g/mol. The molecule has 0 aliphatic carbocycles. The lowest BCUT2D eigenvalue weighted by Crippen LogP contribution is -2.21. The zero-order valence-corrected chi connectivity index (χ0v) is 20.1. The first-order valence-electron chi connectivity index (χ1n) is 10.9. The maximum Gasteiger partial charge on any atom is 0.134 e. The Labute approximate surface area is 199 Å². The highest BCUT2D eigenvalue weighted by atomic mass is 16.5. The minimum absolute atomic E-state index is 0.519. The second-order valence-electron chi connectivity index (χ2n) is 7.66. The number of ether oxygens (including phenoxy) is 2. The van der Waals surface area contributed by atoms with Gasteiger partial charge in [-0.25, -0.2) is 4.98 Å². The number of rotatable bonds is 8. The molecule has 4 aromatic rings. The number of aryl methyl sites for hydroxylation is 1. The predicted molar refractivity (Wildman–Crippen MR) is 136 cm³/mol. The summed E-state index contributed by atoms with van der Waals surface area (Å²) in [6, 6.07) is 11.7. The number of aliphatic imine (C=N–C) groups is 1. The van der Waals surface area contributed by atoms with Crippen LogP contribution in [0.3, 0.4) is 0 Å². The molecule has 3 aromatic heterocycles. The third kappa shape index (κ3) is 4.91. The zero-order valence-electron chi connectivity index (χ0n) is 20.1. The summed E-state index contributed by atoms with van der Waals surface area (Å²) in [7, 11) is 5.18. The van der Waals surface area contributed by atoms with Crippen molar-refractivity contribution in [3.05, 3.63) is 66.8 Å². The summed E-state index contributed by atoms with van der Waals surface area (Å²) < 4.78 is 12.8. The number of hydrogen-bond acceptors (Lipinski definition) is 7. The van der Waals surface area contributed by atoms with Gasteiger partial charge in [0.15, 0.2) is 0 Å². The van der Waals surface area contributed by atoms with Crippen molar-refractivity contribution >= 4 is 28.8 Å². The minimum Gasteiger partial charge on any atom is -0.497 e. The van der Waals surface area contributed by atoms with Gasteiger partial charge in [0.2, 0.25) is 0 Å². The van der Waals surface area contributed by atoms with Gasteiger partial charge >= 0.3 is 0 Å². The number of fused-ring (bicyclic) bond motifs is 1. The van der Waals surface area contributed by atoms with Crippen LogP contribution in [0.15, 0.2) is 71.8 Å². The van der Waals surface area contributed by atoms with E-state index in [1.54, 1.807) is 25.1 Å². The summed E-state index contributed by atoms with van der Waals surface area (Å²) in [5, 5.41) is 4.27. The Kier molecular flexibility index (Phi) is 6.87. The number of allylic oxidation sites excluding steroid dienone is 1. The third-order valence-electron chi connectivity index (χ3n) is 5.43. The molecule has 0 aliphatic heterocycles. The number of benzene rings is 1. The average Bonchev–Trinajstić information content (AvgIpc) is 3.31. The number of pyridine rings is 2. The first-order chi connectivity index (χ1) is 16.5. The molecule has 0 atom stereocenters. The SMILES string of the molecule is C/C=N\C(=C/C)CN(c1cc(OC)cc(OC)c1)c1ccc2ncc(-c3cnn(C)c3)cc2n1. The Hall–Kier alpha value is -4.20. The first kappa shape index (κ1) is 23.0. The van der Waals surface area contributed by atoms with E-state index in [2.05, 4.69) is 20.0 Å². The van der Waals surface area contributed by atoms with Crippen molar-refractivity contribution in [2.24, 2.45) is 12.0 Å². The van der Waals surface area contributed by atoms with E-state index in [0.29, 0.717) is 18.0 Å². The second kappa shape index (κ2) is 10.2. The molecule has 174 valence electrons. The van der Waals surface area contributed by atoms with Gasteiger partial charge in [-0.05, 0) is 32.0 Å². The van der Waals surface area contributed by atoms with E-state index >= 15 is 0 Å². The molecule has 3 heterocycles. The Bertz CT molecular complexity index is 1340. The molecular formula is C26H28N6O2. The van der Waals surface area contributed by atoms with E-state index in [1.165, 1.54) is 0 Å². The summed E-state index contributed by atoms with van der Waals surface area (Å²) in [5.74, 6) is 2.15. The third-order valence-corrected chi connectivity index (χ3v) is 5.43. The normalized spacial score (nSPS) is 11.9. The Morgan fingerprint density at radius 2 is 1.76 bits per heavy atom.